The highest BCUT2D eigenvalue weighted by Gasteiger charge is 2.19. The van der Waals surface area contributed by atoms with Gasteiger partial charge >= 0.3 is 0 Å². The van der Waals surface area contributed by atoms with E-state index in [1.54, 1.807) is 0 Å². The lowest BCUT2D eigenvalue weighted by Gasteiger charge is -2.28. The molecular formula is C8H18NO2PS. The Morgan fingerprint density at radius 3 is 2.92 bits per heavy atom. The summed E-state index contributed by atoms with van der Waals surface area (Å²) in [5, 5.41) is 3.28. The summed E-state index contributed by atoms with van der Waals surface area (Å²) in [6.45, 7) is 5.45. The fourth-order valence-electron chi connectivity index (χ4n) is 1.39. The van der Waals surface area contributed by atoms with Crippen LogP contribution in [0.25, 0.3) is 0 Å². The van der Waals surface area contributed by atoms with Gasteiger partial charge in [0.25, 0.3) is 0 Å². The van der Waals surface area contributed by atoms with Crippen LogP contribution in [0, 0.1) is 0 Å². The zero-order valence-corrected chi connectivity index (χ0v) is 10.00. The Hall–Kier alpha value is 0.530. The minimum absolute atomic E-state index is 0.121. The lowest BCUT2D eigenvalue weighted by atomic mass is 10.2. The van der Waals surface area contributed by atoms with Crippen molar-refractivity contribution < 1.29 is 9.26 Å². The van der Waals surface area contributed by atoms with Crippen molar-refractivity contribution in [3.8, 4) is 0 Å². The molecule has 1 N–H and O–H groups in total. The highest BCUT2D eigenvalue weighted by atomic mass is 32.4. The van der Waals surface area contributed by atoms with E-state index in [1.165, 1.54) is 12.8 Å². The molecule has 1 fully saturated rings. The summed E-state index contributed by atoms with van der Waals surface area (Å²) in [4.78, 5) is 0. The van der Waals surface area contributed by atoms with Gasteiger partial charge in [-0.1, -0.05) is 11.8 Å². The smallest absolute Gasteiger partial charge is 0.128 e. The summed E-state index contributed by atoms with van der Waals surface area (Å²) in [5.41, 5.74) is 0. The molecule has 0 spiro atoms. The van der Waals surface area contributed by atoms with Crippen molar-refractivity contribution in [3.05, 3.63) is 0 Å². The van der Waals surface area contributed by atoms with E-state index in [2.05, 4.69) is 5.09 Å². The van der Waals surface area contributed by atoms with Gasteiger partial charge in [-0.05, 0) is 26.2 Å². The van der Waals surface area contributed by atoms with Gasteiger partial charge in [-0.25, -0.2) is 5.09 Å². The van der Waals surface area contributed by atoms with Gasteiger partial charge in [0, 0.05) is 13.3 Å². The lowest BCUT2D eigenvalue weighted by Crippen LogP contribution is -2.32. The van der Waals surface area contributed by atoms with Crippen LogP contribution in [-0.2, 0) is 21.1 Å². The summed E-state index contributed by atoms with van der Waals surface area (Å²) >= 11 is 5.32. The minimum Gasteiger partial charge on any atom is -0.363 e. The first-order valence-corrected chi connectivity index (χ1v) is 7.92. The standard InChI is InChI=1S/C8H18NO2PS/c1-3-11-12(2,13)9-8-6-4-5-7-10-8/h8H,3-7H2,1-2H3,(H,9,13). The highest BCUT2D eigenvalue weighted by molar-refractivity contribution is 8.10. The van der Waals surface area contributed by atoms with E-state index in [1.807, 2.05) is 13.6 Å². The van der Waals surface area contributed by atoms with E-state index in [4.69, 9.17) is 21.1 Å². The average Bonchev–Trinajstić information content (AvgIpc) is 2.04. The largest absolute Gasteiger partial charge is 0.363 e. The van der Waals surface area contributed by atoms with Crippen LogP contribution in [0.15, 0.2) is 0 Å². The Bertz CT molecular complexity index is 195. The van der Waals surface area contributed by atoms with Crippen molar-refractivity contribution >= 4 is 18.2 Å². The maximum Gasteiger partial charge on any atom is 0.128 e. The van der Waals surface area contributed by atoms with E-state index < -0.39 is 6.42 Å². The number of ether oxygens (including phenoxy) is 1. The first-order chi connectivity index (χ1) is 6.14. The number of hydrogen-bond acceptors (Lipinski definition) is 3. The Labute approximate surface area is 85.3 Å². The third kappa shape index (κ3) is 4.52. The summed E-state index contributed by atoms with van der Waals surface area (Å²) in [5.74, 6) is 0. The van der Waals surface area contributed by atoms with E-state index in [0.717, 1.165) is 13.0 Å². The van der Waals surface area contributed by atoms with Crippen LogP contribution in [0.1, 0.15) is 26.2 Å². The van der Waals surface area contributed by atoms with Crippen molar-refractivity contribution in [2.24, 2.45) is 0 Å². The highest BCUT2D eigenvalue weighted by Crippen LogP contribution is 2.39. The first-order valence-electron chi connectivity index (χ1n) is 4.75. The van der Waals surface area contributed by atoms with E-state index >= 15 is 0 Å². The molecule has 1 heterocycles. The quantitative estimate of drug-likeness (QED) is 0.739. The number of nitrogens with one attached hydrogen (secondary N) is 1. The molecule has 1 rings (SSSR count). The van der Waals surface area contributed by atoms with Crippen LogP contribution in [0.5, 0.6) is 0 Å². The average molecular weight is 223 g/mol. The third-order valence-corrected chi connectivity index (χ3v) is 4.07. The van der Waals surface area contributed by atoms with Gasteiger partial charge in [-0.2, -0.15) is 0 Å². The minimum atomic E-state index is -1.80. The molecule has 0 radical (unpaired) electrons. The maximum atomic E-state index is 5.53. The molecule has 2 atom stereocenters. The molecule has 0 aromatic carbocycles. The number of hydrogen-bond donors (Lipinski definition) is 1. The first kappa shape index (κ1) is 11.6. The molecule has 1 aliphatic heterocycles. The lowest BCUT2D eigenvalue weighted by molar-refractivity contribution is 0.00838. The van der Waals surface area contributed by atoms with Gasteiger partial charge < -0.3 is 9.26 Å². The van der Waals surface area contributed by atoms with E-state index in [0.29, 0.717) is 6.61 Å². The van der Waals surface area contributed by atoms with Gasteiger partial charge in [-0.15, -0.1) is 0 Å². The Morgan fingerprint density at radius 1 is 1.62 bits per heavy atom. The van der Waals surface area contributed by atoms with E-state index in [-0.39, 0.29) is 6.23 Å². The zero-order chi connectivity index (χ0) is 9.73. The molecule has 0 aliphatic carbocycles. The molecular weight excluding hydrogens is 205 g/mol. The molecule has 0 bridgehead atoms. The van der Waals surface area contributed by atoms with Crippen LogP contribution in [0.2, 0.25) is 0 Å². The van der Waals surface area contributed by atoms with Gasteiger partial charge in [0.1, 0.15) is 12.6 Å². The van der Waals surface area contributed by atoms with Crippen molar-refractivity contribution in [3.63, 3.8) is 0 Å². The van der Waals surface area contributed by atoms with Gasteiger partial charge in [0.2, 0.25) is 0 Å². The topological polar surface area (TPSA) is 30.5 Å². The fraction of sp³-hybridized carbons (Fsp3) is 1.00. The monoisotopic (exact) mass is 223 g/mol. The SMILES string of the molecule is CCOP(C)(=S)NC1CCCCO1. The summed E-state index contributed by atoms with van der Waals surface area (Å²) in [6.07, 6.45) is 1.76. The Morgan fingerprint density at radius 2 is 2.38 bits per heavy atom. The van der Waals surface area contributed by atoms with Crippen LogP contribution in [-0.4, -0.2) is 26.1 Å². The molecule has 3 nitrogen and oxygen atoms in total. The predicted octanol–water partition coefficient (Wildman–Crippen LogP) is 2.08. The van der Waals surface area contributed by atoms with Gasteiger partial charge in [-0.3, -0.25) is 0 Å². The van der Waals surface area contributed by atoms with E-state index in [9.17, 15) is 0 Å². The van der Waals surface area contributed by atoms with Crippen LogP contribution >= 0.6 is 6.42 Å². The van der Waals surface area contributed by atoms with Crippen molar-refractivity contribution in [2.75, 3.05) is 19.9 Å². The predicted molar refractivity (Wildman–Crippen MR) is 58.6 cm³/mol. The molecule has 0 amide bonds. The normalized spacial score (nSPS) is 28.3. The van der Waals surface area contributed by atoms with Gasteiger partial charge in [0.15, 0.2) is 0 Å². The molecule has 0 aromatic rings. The Kier molecular flexibility index (Phi) is 4.84. The van der Waals surface area contributed by atoms with Gasteiger partial charge in [0.05, 0.1) is 6.61 Å². The van der Waals surface area contributed by atoms with Crippen molar-refractivity contribution in [1.82, 2.24) is 5.09 Å². The van der Waals surface area contributed by atoms with Crippen LogP contribution in [0.4, 0.5) is 0 Å². The molecule has 0 saturated carbocycles. The zero-order valence-electron chi connectivity index (χ0n) is 8.28. The van der Waals surface area contributed by atoms with Crippen LogP contribution < -0.4 is 5.09 Å². The summed E-state index contributed by atoms with van der Waals surface area (Å²) in [7, 11) is 0. The fourth-order valence-corrected chi connectivity index (χ4v) is 3.35. The second kappa shape index (κ2) is 5.42. The molecule has 13 heavy (non-hydrogen) atoms. The summed E-state index contributed by atoms with van der Waals surface area (Å²) < 4.78 is 11.0. The molecule has 1 aliphatic rings. The molecule has 78 valence electrons. The Balaban J connectivity index is 2.32. The molecule has 2 unspecified atom stereocenters. The molecule has 0 aromatic heterocycles. The molecule has 1 saturated heterocycles. The second-order valence-corrected chi connectivity index (χ2v) is 7.55. The third-order valence-electron chi connectivity index (χ3n) is 1.93. The maximum absolute atomic E-state index is 5.53. The molecule has 5 heteroatoms. The van der Waals surface area contributed by atoms with Crippen LogP contribution in [0.3, 0.4) is 0 Å². The summed E-state index contributed by atoms with van der Waals surface area (Å²) in [6, 6.07) is 0. The van der Waals surface area contributed by atoms with Crippen molar-refractivity contribution in [1.29, 1.82) is 0 Å². The number of rotatable bonds is 4. The van der Waals surface area contributed by atoms with Crippen molar-refractivity contribution in [2.45, 2.75) is 32.4 Å². The second-order valence-electron chi connectivity index (χ2n) is 3.25.